The van der Waals surface area contributed by atoms with E-state index in [2.05, 4.69) is 67.7 Å². The molecule has 62 heavy (non-hydrogen) atoms. The van der Waals surface area contributed by atoms with Gasteiger partial charge in [-0.15, -0.1) is 0 Å². The Morgan fingerprint density at radius 1 is 0.694 bits per heavy atom. The van der Waals surface area contributed by atoms with Crippen molar-refractivity contribution < 1.29 is 14.3 Å². The van der Waals surface area contributed by atoms with E-state index >= 15 is 0 Å². The maximum absolute atomic E-state index is 12.1. The molecule has 0 spiro atoms. The van der Waals surface area contributed by atoms with Gasteiger partial charge in [0.15, 0.2) is 11.6 Å². The zero-order valence-electron chi connectivity index (χ0n) is 35.2. The summed E-state index contributed by atoms with van der Waals surface area (Å²) in [5, 5.41) is 14.0. The van der Waals surface area contributed by atoms with Crippen molar-refractivity contribution in [2.45, 2.75) is 88.4 Å². The third-order valence-corrected chi connectivity index (χ3v) is 13.8. The predicted octanol–water partition coefficient (Wildman–Crippen LogP) is 4.43. The Morgan fingerprint density at radius 2 is 1.21 bits per heavy atom. The Labute approximate surface area is 360 Å². The van der Waals surface area contributed by atoms with Gasteiger partial charge < -0.3 is 25.8 Å². The van der Waals surface area contributed by atoms with Crippen LogP contribution in [0.4, 0.5) is 11.6 Å². The Balaban J connectivity index is 0.000000148. The first-order valence-corrected chi connectivity index (χ1v) is 22.5. The second-order valence-electron chi connectivity index (χ2n) is 17.4. The lowest BCUT2D eigenvalue weighted by atomic mass is 9.89. The molecule has 4 aliphatic carbocycles. The van der Waals surface area contributed by atoms with E-state index in [9.17, 15) is 9.59 Å². The van der Waals surface area contributed by atoms with Gasteiger partial charge in [-0.1, -0.05) is 24.3 Å². The molecule has 2 saturated carbocycles. The number of nitrogens with zero attached hydrogens (tertiary/aromatic N) is 7. The number of fused-ring (bicyclic) bond motifs is 6. The van der Waals surface area contributed by atoms with Crippen molar-refractivity contribution in [3.63, 3.8) is 0 Å². The maximum Gasteiger partial charge on any atom is 0.340 e. The molecule has 4 fully saturated rings. The molecule has 0 radical (unpaired) electrons. The monoisotopic (exact) mass is 840 g/mol. The van der Waals surface area contributed by atoms with Crippen LogP contribution in [0.25, 0.3) is 33.6 Å². The number of ketones is 1. The number of hydrogen-bond donors (Lipinski definition) is 5. The van der Waals surface area contributed by atoms with Gasteiger partial charge in [-0.2, -0.15) is 5.10 Å². The number of benzene rings is 2. The van der Waals surface area contributed by atoms with Crippen LogP contribution in [0, 0.1) is 0 Å². The molecule has 5 aromatic rings. The maximum atomic E-state index is 12.1. The number of Topliss-reactive ketones (excluding diaryl/α,β-unsaturated/α-hetero) is 1. The number of ether oxygens (including phenoxy) is 2. The minimum absolute atomic E-state index is 0.0222. The van der Waals surface area contributed by atoms with Crippen LogP contribution in [0.15, 0.2) is 53.8 Å². The van der Waals surface area contributed by atoms with E-state index in [4.69, 9.17) is 15.2 Å². The highest BCUT2D eigenvalue weighted by Gasteiger charge is 2.32. The van der Waals surface area contributed by atoms with Gasteiger partial charge in [-0.25, -0.2) is 29.8 Å². The summed E-state index contributed by atoms with van der Waals surface area (Å²) in [6.45, 7) is 7.70. The van der Waals surface area contributed by atoms with E-state index in [-0.39, 0.29) is 18.0 Å². The minimum Gasteiger partial charge on any atom is -0.379 e. The molecule has 324 valence electrons. The molecule has 6 N–H and O–H groups in total. The summed E-state index contributed by atoms with van der Waals surface area (Å²) in [5.41, 5.74) is 15.6. The van der Waals surface area contributed by atoms with Crippen LogP contribution in [-0.4, -0.2) is 134 Å². The fraction of sp³-hybridized carbons (Fsp3) is 0.500. The SMILES string of the molecule is NCC(=O)c1ccc2c(c1)-c1c(ncnc1NC1CCC(N3CCOCC3)CC1)C2.O=c1[nH]nc(-c2ccc3c(c2)-c2c(ncnc2NC2CCC(N4CCOCC4)CC2)C3)[nH]1. The van der Waals surface area contributed by atoms with E-state index in [1.54, 1.807) is 12.7 Å². The molecule has 5 heterocycles. The number of aromatic amines is 2. The Hall–Kier alpha value is -5.39. The lowest BCUT2D eigenvalue weighted by Gasteiger charge is -2.39. The highest BCUT2D eigenvalue weighted by molar-refractivity contribution is 6.00. The third kappa shape index (κ3) is 8.53. The molecule has 0 bridgehead atoms. The summed E-state index contributed by atoms with van der Waals surface area (Å²) >= 11 is 0. The average Bonchev–Trinajstić information content (AvgIpc) is 4.05. The zero-order chi connectivity index (χ0) is 42.0. The number of H-pyrrole nitrogens is 2. The van der Waals surface area contributed by atoms with E-state index in [0.717, 1.165) is 142 Å². The zero-order valence-corrected chi connectivity index (χ0v) is 35.2. The quantitative estimate of drug-likeness (QED) is 0.128. The standard InChI is InChI=1S/C23H27N7O2.C23H29N5O2/c31-23-27-21(28-29-23)15-2-1-14-12-19-20(18(14)11-15)22(25-13-24-19)26-16-3-5-17(6-4-16)30-7-9-32-10-8-30;24-13-21(29)16-2-1-15-12-20-22(19(15)11-16)23(26-14-25-20)27-17-3-5-18(6-4-17)28-7-9-30-10-8-28/h1-2,11,13,16-17H,3-10,12H2,(H,24,25,26)(H2,27,28,29,31);1-2,11,14,17-18H,3-10,12-13,24H2,(H,25,26,27). The normalized spacial score (nSPS) is 23.3. The van der Waals surface area contributed by atoms with Gasteiger partial charge in [-0.3, -0.25) is 19.6 Å². The molecule has 3 aromatic heterocycles. The lowest BCUT2D eigenvalue weighted by molar-refractivity contribution is 0.00788. The number of aromatic nitrogens is 7. The number of hydrogen-bond acceptors (Lipinski definition) is 14. The molecule has 0 unspecified atom stereocenters. The Kier molecular flexibility index (Phi) is 11.9. The molecule has 0 atom stereocenters. The fourth-order valence-corrected chi connectivity index (χ4v) is 10.5. The summed E-state index contributed by atoms with van der Waals surface area (Å²) in [7, 11) is 0. The number of carbonyl (C=O) groups is 1. The molecule has 16 heteroatoms. The number of carbonyl (C=O) groups excluding carboxylic acids is 1. The number of morpholine rings is 2. The fourth-order valence-electron chi connectivity index (χ4n) is 10.5. The first-order valence-electron chi connectivity index (χ1n) is 22.5. The first-order chi connectivity index (χ1) is 30.5. The molecule has 0 amide bonds. The Morgan fingerprint density at radius 3 is 1.71 bits per heavy atom. The van der Waals surface area contributed by atoms with Gasteiger partial charge in [0.2, 0.25) is 0 Å². The van der Waals surface area contributed by atoms with Crippen molar-refractivity contribution in [3.8, 4) is 33.6 Å². The van der Waals surface area contributed by atoms with Gasteiger partial charge >= 0.3 is 5.69 Å². The average molecular weight is 841 g/mol. The summed E-state index contributed by atoms with van der Waals surface area (Å²) in [6, 6.07) is 14.2. The van der Waals surface area contributed by atoms with Crippen molar-refractivity contribution in [1.82, 2.24) is 44.9 Å². The molecular weight excluding hydrogens is 785 g/mol. The van der Waals surface area contributed by atoms with Crippen LogP contribution in [-0.2, 0) is 22.3 Å². The summed E-state index contributed by atoms with van der Waals surface area (Å²) in [4.78, 5) is 49.8. The van der Waals surface area contributed by atoms with Crippen LogP contribution in [0.2, 0.25) is 0 Å². The van der Waals surface area contributed by atoms with E-state index in [1.165, 1.54) is 36.8 Å². The topological polar surface area (TPSA) is 205 Å². The highest BCUT2D eigenvalue weighted by atomic mass is 16.5. The molecule has 2 saturated heterocycles. The number of nitrogens with one attached hydrogen (secondary N) is 4. The lowest BCUT2D eigenvalue weighted by Crippen LogP contribution is -2.46. The second-order valence-corrected chi connectivity index (χ2v) is 17.4. The number of nitrogens with two attached hydrogens (primary N) is 1. The third-order valence-electron chi connectivity index (χ3n) is 13.8. The smallest absolute Gasteiger partial charge is 0.340 e. The van der Waals surface area contributed by atoms with Gasteiger partial charge in [0.25, 0.3) is 0 Å². The van der Waals surface area contributed by atoms with Crippen molar-refractivity contribution in [2.75, 3.05) is 69.8 Å². The summed E-state index contributed by atoms with van der Waals surface area (Å²) in [6.07, 6.45) is 14.3. The summed E-state index contributed by atoms with van der Waals surface area (Å²) < 4.78 is 11.0. The van der Waals surface area contributed by atoms with Crippen LogP contribution in [0.5, 0.6) is 0 Å². The number of rotatable bonds is 9. The molecule has 16 nitrogen and oxygen atoms in total. The van der Waals surface area contributed by atoms with Crippen LogP contribution in [0.1, 0.15) is 84.2 Å². The van der Waals surface area contributed by atoms with Crippen molar-refractivity contribution in [1.29, 1.82) is 0 Å². The number of anilines is 2. The molecule has 6 aliphatic rings. The molecule has 2 aromatic carbocycles. The largest absolute Gasteiger partial charge is 0.379 e. The van der Waals surface area contributed by atoms with Crippen LogP contribution < -0.4 is 22.1 Å². The van der Waals surface area contributed by atoms with E-state index < -0.39 is 0 Å². The van der Waals surface area contributed by atoms with Crippen molar-refractivity contribution in [3.05, 3.63) is 87.6 Å². The highest BCUT2D eigenvalue weighted by Crippen LogP contribution is 2.43. The van der Waals surface area contributed by atoms with E-state index in [1.807, 2.05) is 24.3 Å². The Bertz CT molecular complexity index is 2440. The van der Waals surface area contributed by atoms with Crippen LogP contribution >= 0.6 is 0 Å². The van der Waals surface area contributed by atoms with E-state index in [0.29, 0.717) is 35.6 Å². The van der Waals surface area contributed by atoms with Crippen molar-refractivity contribution >= 4 is 17.4 Å². The summed E-state index contributed by atoms with van der Waals surface area (Å²) in [5.74, 6) is 2.31. The molecular formula is C46H56N12O4. The minimum atomic E-state index is -0.306. The molecule has 2 aliphatic heterocycles. The second kappa shape index (κ2) is 18.1. The van der Waals surface area contributed by atoms with Gasteiger partial charge in [0.1, 0.15) is 24.3 Å². The first kappa shape index (κ1) is 40.7. The predicted molar refractivity (Wildman–Crippen MR) is 236 cm³/mol. The van der Waals surface area contributed by atoms with Crippen LogP contribution in [0.3, 0.4) is 0 Å². The van der Waals surface area contributed by atoms with Crippen molar-refractivity contribution in [2.24, 2.45) is 5.73 Å². The van der Waals surface area contributed by atoms with Gasteiger partial charge in [0, 0.05) is 85.4 Å². The van der Waals surface area contributed by atoms with Gasteiger partial charge in [-0.05, 0) is 85.8 Å². The molecule has 11 rings (SSSR count). The van der Waals surface area contributed by atoms with Gasteiger partial charge in [0.05, 0.1) is 44.4 Å².